The number of benzene rings is 1. The smallest absolute Gasteiger partial charge is 0.255 e. The number of carbonyl (C=O) groups is 1. The molecule has 0 unspecified atom stereocenters. The molecule has 0 saturated heterocycles. The monoisotopic (exact) mass is 369 g/mol. The van der Waals surface area contributed by atoms with E-state index in [-0.39, 0.29) is 5.91 Å². The standard InChI is InChI=1S/C19H20ClN5O/c1-24(12-15-5-8-18(20)21-9-15)11-14-3-6-16(7-4-14)19(26)23-17-10-22-25(2)13-17/h3-10,13H,11-12H2,1-2H3,(H,23,26). The molecule has 0 aliphatic carbocycles. The molecule has 0 fully saturated rings. The summed E-state index contributed by atoms with van der Waals surface area (Å²) in [7, 11) is 3.85. The number of anilines is 1. The highest BCUT2D eigenvalue weighted by Crippen LogP contribution is 2.12. The van der Waals surface area contributed by atoms with E-state index in [0.29, 0.717) is 16.4 Å². The van der Waals surface area contributed by atoms with Crippen molar-refractivity contribution in [3.8, 4) is 0 Å². The Morgan fingerprint density at radius 1 is 1.12 bits per heavy atom. The van der Waals surface area contributed by atoms with Gasteiger partial charge in [-0.25, -0.2) is 4.98 Å². The van der Waals surface area contributed by atoms with Gasteiger partial charge in [0.1, 0.15) is 5.15 Å². The van der Waals surface area contributed by atoms with Crippen molar-refractivity contribution in [2.45, 2.75) is 13.1 Å². The predicted molar refractivity (Wildman–Crippen MR) is 102 cm³/mol. The Bertz CT molecular complexity index is 874. The van der Waals surface area contributed by atoms with E-state index >= 15 is 0 Å². The van der Waals surface area contributed by atoms with Crippen molar-refractivity contribution < 1.29 is 4.79 Å². The van der Waals surface area contributed by atoms with Crippen LogP contribution in [0.15, 0.2) is 55.0 Å². The number of nitrogens with one attached hydrogen (secondary N) is 1. The number of aryl methyl sites for hydroxylation is 1. The fourth-order valence-electron chi connectivity index (χ4n) is 2.63. The lowest BCUT2D eigenvalue weighted by molar-refractivity contribution is 0.102. The van der Waals surface area contributed by atoms with E-state index in [1.807, 2.05) is 37.4 Å². The zero-order valence-corrected chi connectivity index (χ0v) is 15.4. The first-order chi connectivity index (χ1) is 12.5. The van der Waals surface area contributed by atoms with E-state index < -0.39 is 0 Å². The Kier molecular flexibility index (Phi) is 5.65. The van der Waals surface area contributed by atoms with Gasteiger partial charge in [-0.3, -0.25) is 14.4 Å². The summed E-state index contributed by atoms with van der Waals surface area (Å²) in [5.41, 5.74) is 3.52. The summed E-state index contributed by atoms with van der Waals surface area (Å²) in [4.78, 5) is 18.5. The van der Waals surface area contributed by atoms with Crippen LogP contribution in [0.3, 0.4) is 0 Å². The molecule has 0 bridgehead atoms. The lowest BCUT2D eigenvalue weighted by Gasteiger charge is -2.17. The number of halogens is 1. The second-order valence-electron chi connectivity index (χ2n) is 6.22. The van der Waals surface area contributed by atoms with Crippen LogP contribution in [0.1, 0.15) is 21.5 Å². The van der Waals surface area contributed by atoms with Crippen LogP contribution in [0.2, 0.25) is 5.15 Å². The number of hydrogen-bond acceptors (Lipinski definition) is 4. The number of aromatic nitrogens is 3. The molecule has 1 aromatic carbocycles. The molecule has 2 heterocycles. The van der Waals surface area contributed by atoms with Crippen molar-refractivity contribution in [1.29, 1.82) is 0 Å². The van der Waals surface area contributed by atoms with Crippen LogP contribution in [0.5, 0.6) is 0 Å². The molecule has 0 aliphatic heterocycles. The number of pyridine rings is 1. The molecule has 134 valence electrons. The Balaban J connectivity index is 1.56. The summed E-state index contributed by atoms with van der Waals surface area (Å²) in [5, 5.41) is 7.36. The van der Waals surface area contributed by atoms with Crippen molar-refractivity contribution in [1.82, 2.24) is 19.7 Å². The normalized spacial score (nSPS) is 10.9. The van der Waals surface area contributed by atoms with Crippen LogP contribution in [0.25, 0.3) is 0 Å². The van der Waals surface area contributed by atoms with E-state index in [1.54, 1.807) is 36.4 Å². The number of carbonyl (C=O) groups excluding carboxylic acids is 1. The molecule has 0 radical (unpaired) electrons. The summed E-state index contributed by atoms with van der Waals surface area (Å²) in [6.45, 7) is 1.54. The molecule has 0 atom stereocenters. The van der Waals surface area contributed by atoms with Gasteiger partial charge in [0.25, 0.3) is 5.91 Å². The van der Waals surface area contributed by atoms with Crippen molar-refractivity contribution in [2.24, 2.45) is 7.05 Å². The average Bonchev–Trinajstić information content (AvgIpc) is 3.02. The van der Waals surface area contributed by atoms with Gasteiger partial charge in [-0.2, -0.15) is 5.10 Å². The van der Waals surface area contributed by atoms with Crippen molar-refractivity contribution in [3.63, 3.8) is 0 Å². The Labute approximate surface area is 157 Å². The van der Waals surface area contributed by atoms with E-state index in [4.69, 9.17) is 11.6 Å². The van der Waals surface area contributed by atoms with Crippen LogP contribution >= 0.6 is 11.6 Å². The molecule has 7 heteroatoms. The summed E-state index contributed by atoms with van der Waals surface area (Å²) < 4.78 is 1.64. The Morgan fingerprint density at radius 3 is 2.42 bits per heavy atom. The molecule has 0 spiro atoms. The zero-order valence-electron chi connectivity index (χ0n) is 14.7. The molecule has 3 rings (SSSR count). The van der Waals surface area contributed by atoms with Crippen molar-refractivity contribution in [2.75, 3.05) is 12.4 Å². The summed E-state index contributed by atoms with van der Waals surface area (Å²) >= 11 is 5.81. The van der Waals surface area contributed by atoms with E-state index in [0.717, 1.165) is 24.2 Å². The predicted octanol–water partition coefficient (Wildman–Crippen LogP) is 3.35. The van der Waals surface area contributed by atoms with Crippen molar-refractivity contribution in [3.05, 3.63) is 76.8 Å². The Morgan fingerprint density at radius 2 is 1.81 bits per heavy atom. The molecule has 3 aromatic rings. The first-order valence-corrected chi connectivity index (χ1v) is 8.55. The molecular weight excluding hydrogens is 350 g/mol. The number of nitrogens with zero attached hydrogens (tertiary/aromatic N) is 4. The van der Waals surface area contributed by atoms with Crippen molar-refractivity contribution >= 4 is 23.2 Å². The van der Waals surface area contributed by atoms with Crippen LogP contribution in [0, 0.1) is 0 Å². The first-order valence-electron chi connectivity index (χ1n) is 8.17. The maximum atomic E-state index is 12.2. The van der Waals surface area contributed by atoms with Gasteiger partial charge < -0.3 is 5.32 Å². The van der Waals surface area contributed by atoms with Crippen LogP contribution in [0.4, 0.5) is 5.69 Å². The van der Waals surface area contributed by atoms with E-state index in [2.05, 4.69) is 20.3 Å². The molecule has 0 aliphatic rings. The SMILES string of the molecule is CN(Cc1ccc(C(=O)Nc2cnn(C)c2)cc1)Cc1ccc(Cl)nc1. The van der Waals surface area contributed by atoms with Gasteiger partial charge in [0, 0.05) is 38.1 Å². The average molecular weight is 370 g/mol. The van der Waals surface area contributed by atoms with Gasteiger partial charge >= 0.3 is 0 Å². The minimum Gasteiger partial charge on any atom is -0.319 e. The summed E-state index contributed by atoms with van der Waals surface area (Å²) in [6, 6.07) is 11.4. The fraction of sp³-hybridized carbons (Fsp3) is 0.211. The van der Waals surface area contributed by atoms with Crippen LogP contribution in [-0.2, 0) is 20.1 Å². The molecule has 2 aromatic heterocycles. The van der Waals surface area contributed by atoms with Gasteiger partial charge in [-0.1, -0.05) is 29.8 Å². The molecular formula is C19H20ClN5O. The van der Waals surface area contributed by atoms with Gasteiger partial charge in [0.15, 0.2) is 0 Å². The minimum absolute atomic E-state index is 0.148. The minimum atomic E-state index is -0.148. The highest BCUT2D eigenvalue weighted by atomic mass is 35.5. The zero-order chi connectivity index (χ0) is 18.5. The highest BCUT2D eigenvalue weighted by Gasteiger charge is 2.08. The molecule has 26 heavy (non-hydrogen) atoms. The third-order valence-corrected chi connectivity index (χ3v) is 4.10. The lowest BCUT2D eigenvalue weighted by atomic mass is 10.1. The largest absolute Gasteiger partial charge is 0.319 e. The maximum Gasteiger partial charge on any atom is 0.255 e. The third-order valence-electron chi connectivity index (χ3n) is 3.87. The van der Waals surface area contributed by atoms with Gasteiger partial charge in [0.2, 0.25) is 0 Å². The highest BCUT2D eigenvalue weighted by molar-refractivity contribution is 6.29. The maximum absolute atomic E-state index is 12.2. The summed E-state index contributed by atoms with van der Waals surface area (Å²) in [6.07, 6.45) is 5.16. The van der Waals surface area contributed by atoms with Gasteiger partial charge in [-0.05, 0) is 36.4 Å². The van der Waals surface area contributed by atoms with E-state index in [9.17, 15) is 4.79 Å². The fourth-order valence-corrected chi connectivity index (χ4v) is 2.74. The number of hydrogen-bond donors (Lipinski definition) is 1. The molecule has 6 nitrogen and oxygen atoms in total. The van der Waals surface area contributed by atoms with E-state index in [1.165, 1.54) is 0 Å². The third kappa shape index (κ3) is 4.91. The molecule has 0 saturated carbocycles. The Hall–Kier alpha value is -2.70. The number of rotatable bonds is 6. The van der Waals surface area contributed by atoms with Gasteiger partial charge in [0.05, 0.1) is 11.9 Å². The van der Waals surface area contributed by atoms with Crippen LogP contribution < -0.4 is 5.32 Å². The second kappa shape index (κ2) is 8.12. The van der Waals surface area contributed by atoms with Crippen LogP contribution in [-0.4, -0.2) is 32.6 Å². The topological polar surface area (TPSA) is 63.1 Å². The summed E-state index contributed by atoms with van der Waals surface area (Å²) in [5.74, 6) is -0.148. The lowest BCUT2D eigenvalue weighted by Crippen LogP contribution is -2.17. The van der Waals surface area contributed by atoms with Gasteiger partial charge in [-0.15, -0.1) is 0 Å². The second-order valence-corrected chi connectivity index (χ2v) is 6.60. The molecule has 1 N–H and O–H groups in total. The quantitative estimate of drug-likeness (QED) is 0.677. The molecule has 1 amide bonds. The number of amides is 1. The first kappa shape index (κ1) is 18.1.